The molecule has 0 saturated carbocycles. The Morgan fingerprint density at radius 1 is 1.15 bits per heavy atom. The number of aromatic amines is 1. The van der Waals surface area contributed by atoms with E-state index in [2.05, 4.69) is 31.9 Å². The van der Waals surface area contributed by atoms with Gasteiger partial charge in [0, 0.05) is 46.0 Å². The first-order chi connectivity index (χ1) is 16.7. The third kappa shape index (κ3) is 4.26. The minimum atomic E-state index is -0.243. The van der Waals surface area contributed by atoms with E-state index < -0.39 is 0 Å². The summed E-state index contributed by atoms with van der Waals surface area (Å²) in [4.78, 5) is 8.09. The van der Waals surface area contributed by atoms with Crippen LogP contribution in [0.2, 0.25) is 0 Å². The van der Waals surface area contributed by atoms with Gasteiger partial charge in [-0.1, -0.05) is 30.0 Å². The van der Waals surface area contributed by atoms with Crippen molar-refractivity contribution in [1.82, 2.24) is 24.7 Å². The van der Waals surface area contributed by atoms with Gasteiger partial charge in [0.05, 0.1) is 18.3 Å². The Kier molecular flexibility index (Phi) is 5.90. The number of hydrogen-bond acceptors (Lipinski definition) is 6. The van der Waals surface area contributed by atoms with Crippen molar-refractivity contribution < 1.29 is 9.13 Å². The van der Waals surface area contributed by atoms with Crippen molar-refractivity contribution in [3.63, 3.8) is 0 Å². The molecule has 1 N–H and O–H groups in total. The summed E-state index contributed by atoms with van der Waals surface area (Å²) in [7, 11) is 0. The number of halogens is 1. The largest absolute Gasteiger partial charge is 0.376 e. The normalized spacial score (nSPS) is 16.0. The molecule has 6 rings (SSSR count). The lowest BCUT2D eigenvalue weighted by atomic mass is 10.1. The van der Waals surface area contributed by atoms with E-state index >= 15 is 0 Å². The number of para-hydroxylation sites is 1. The van der Waals surface area contributed by atoms with Crippen molar-refractivity contribution >= 4 is 34.0 Å². The van der Waals surface area contributed by atoms with Crippen LogP contribution in [-0.2, 0) is 17.0 Å². The van der Waals surface area contributed by atoms with Crippen molar-refractivity contribution in [3.05, 3.63) is 71.6 Å². The van der Waals surface area contributed by atoms with Crippen molar-refractivity contribution in [1.29, 1.82) is 0 Å². The summed E-state index contributed by atoms with van der Waals surface area (Å²) in [6, 6.07) is 14.7. The van der Waals surface area contributed by atoms with Gasteiger partial charge in [0.15, 0.2) is 11.0 Å². The number of rotatable bonds is 7. The van der Waals surface area contributed by atoms with Crippen molar-refractivity contribution in [3.8, 4) is 22.0 Å². The SMILES string of the molecule is Fc1ccc(-c2nc(CSc3nnc(-c4c[nH]c5ccccc45)n3CC3CCCO3)cs2)cc1. The highest BCUT2D eigenvalue weighted by atomic mass is 32.2. The smallest absolute Gasteiger partial charge is 0.191 e. The molecule has 1 aliphatic rings. The molecule has 1 aliphatic heterocycles. The maximum Gasteiger partial charge on any atom is 0.191 e. The fraction of sp³-hybridized carbons (Fsp3) is 0.240. The van der Waals surface area contributed by atoms with E-state index in [1.165, 1.54) is 12.1 Å². The topological polar surface area (TPSA) is 68.6 Å². The second kappa shape index (κ2) is 9.32. The van der Waals surface area contributed by atoms with Crippen LogP contribution in [0.25, 0.3) is 32.9 Å². The molecule has 1 unspecified atom stereocenters. The fourth-order valence-electron chi connectivity index (χ4n) is 4.24. The Morgan fingerprint density at radius 3 is 2.88 bits per heavy atom. The third-order valence-electron chi connectivity index (χ3n) is 5.95. The molecular formula is C25H22FN5OS2. The average molecular weight is 492 g/mol. The highest BCUT2D eigenvalue weighted by molar-refractivity contribution is 7.98. The first kappa shape index (κ1) is 21.5. The van der Waals surface area contributed by atoms with Crippen LogP contribution >= 0.6 is 23.1 Å². The number of fused-ring (bicyclic) bond motifs is 1. The number of thioether (sulfide) groups is 1. The molecule has 6 nitrogen and oxygen atoms in total. The Balaban J connectivity index is 1.27. The van der Waals surface area contributed by atoms with E-state index in [1.807, 2.05) is 23.7 Å². The molecule has 1 atom stereocenters. The molecule has 0 radical (unpaired) electrons. The molecule has 0 spiro atoms. The second-order valence-electron chi connectivity index (χ2n) is 8.24. The van der Waals surface area contributed by atoms with Crippen LogP contribution in [0.5, 0.6) is 0 Å². The predicted octanol–water partition coefficient (Wildman–Crippen LogP) is 6.16. The molecule has 34 heavy (non-hydrogen) atoms. The maximum atomic E-state index is 13.2. The molecule has 172 valence electrons. The number of nitrogens with zero attached hydrogens (tertiary/aromatic N) is 4. The average Bonchev–Trinajstić information content (AvgIpc) is 3.66. The third-order valence-corrected chi connectivity index (χ3v) is 7.89. The minimum absolute atomic E-state index is 0.170. The number of thiazole rings is 1. The zero-order chi connectivity index (χ0) is 22.9. The van der Waals surface area contributed by atoms with Gasteiger partial charge in [-0.3, -0.25) is 4.57 Å². The van der Waals surface area contributed by atoms with Gasteiger partial charge in [-0.2, -0.15) is 0 Å². The molecule has 9 heteroatoms. The zero-order valence-corrected chi connectivity index (χ0v) is 19.9. The minimum Gasteiger partial charge on any atom is -0.376 e. The summed E-state index contributed by atoms with van der Waals surface area (Å²) in [5.74, 6) is 1.28. The first-order valence-electron chi connectivity index (χ1n) is 11.2. The number of benzene rings is 2. The Bertz CT molecular complexity index is 1420. The molecule has 4 heterocycles. The number of hydrogen-bond donors (Lipinski definition) is 1. The number of ether oxygens (including phenoxy) is 1. The summed E-state index contributed by atoms with van der Waals surface area (Å²) in [5, 5.41) is 14.1. The van der Waals surface area contributed by atoms with E-state index in [9.17, 15) is 4.39 Å². The summed E-state index contributed by atoms with van der Waals surface area (Å²) in [6.07, 6.45) is 4.30. The van der Waals surface area contributed by atoms with Gasteiger partial charge >= 0.3 is 0 Å². The summed E-state index contributed by atoms with van der Waals surface area (Å²) in [5.41, 5.74) is 4.01. The molecule has 0 aliphatic carbocycles. The van der Waals surface area contributed by atoms with Gasteiger partial charge < -0.3 is 9.72 Å². The van der Waals surface area contributed by atoms with Crippen molar-refractivity contribution in [2.24, 2.45) is 0 Å². The highest BCUT2D eigenvalue weighted by Crippen LogP contribution is 2.33. The second-order valence-corrected chi connectivity index (χ2v) is 10.0. The molecule has 0 amide bonds. The number of aromatic nitrogens is 5. The van der Waals surface area contributed by atoms with E-state index in [-0.39, 0.29) is 11.9 Å². The lowest BCUT2D eigenvalue weighted by Gasteiger charge is -2.14. The van der Waals surface area contributed by atoms with Crippen LogP contribution in [0.1, 0.15) is 18.5 Å². The van der Waals surface area contributed by atoms with E-state index in [0.717, 1.165) is 69.7 Å². The molecule has 0 bridgehead atoms. The molecule has 3 aromatic heterocycles. The Morgan fingerprint density at radius 2 is 2.03 bits per heavy atom. The molecule has 1 fully saturated rings. The summed E-state index contributed by atoms with van der Waals surface area (Å²) < 4.78 is 21.4. The fourth-order valence-corrected chi connectivity index (χ4v) is 6.02. The van der Waals surface area contributed by atoms with Crippen molar-refractivity contribution in [2.75, 3.05) is 6.61 Å². The van der Waals surface area contributed by atoms with Crippen LogP contribution in [0.15, 0.2) is 65.3 Å². The highest BCUT2D eigenvalue weighted by Gasteiger charge is 2.23. The van der Waals surface area contributed by atoms with Crippen LogP contribution in [0.3, 0.4) is 0 Å². The number of nitrogens with one attached hydrogen (secondary N) is 1. The van der Waals surface area contributed by atoms with Gasteiger partial charge in [0.1, 0.15) is 10.8 Å². The summed E-state index contributed by atoms with van der Waals surface area (Å²) in [6.45, 7) is 1.53. The van der Waals surface area contributed by atoms with E-state index in [4.69, 9.17) is 9.72 Å². The molecule has 1 saturated heterocycles. The lowest BCUT2D eigenvalue weighted by molar-refractivity contribution is 0.0953. The van der Waals surface area contributed by atoms with Gasteiger partial charge in [-0.15, -0.1) is 21.5 Å². The van der Waals surface area contributed by atoms with Crippen LogP contribution in [0, 0.1) is 5.82 Å². The summed E-state index contributed by atoms with van der Waals surface area (Å²) >= 11 is 3.19. The van der Waals surface area contributed by atoms with Gasteiger partial charge in [-0.25, -0.2) is 9.37 Å². The molecule has 5 aromatic rings. The Labute approximate surface area is 204 Å². The molecule has 2 aromatic carbocycles. The lowest BCUT2D eigenvalue weighted by Crippen LogP contribution is -2.16. The van der Waals surface area contributed by atoms with Crippen LogP contribution < -0.4 is 0 Å². The van der Waals surface area contributed by atoms with E-state index in [1.54, 1.807) is 35.2 Å². The van der Waals surface area contributed by atoms with Crippen LogP contribution in [-0.4, -0.2) is 37.4 Å². The zero-order valence-electron chi connectivity index (χ0n) is 18.3. The first-order valence-corrected chi connectivity index (χ1v) is 13.1. The molecular weight excluding hydrogens is 469 g/mol. The van der Waals surface area contributed by atoms with E-state index in [0.29, 0.717) is 5.75 Å². The van der Waals surface area contributed by atoms with Crippen molar-refractivity contribution in [2.45, 2.75) is 36.4 Å². The number of H-pyrrole nitrogens is 1. The Hall–Kier alpha value is -3.01. The van der Waals surface area contributed by atoms with Gasteiger partial charge in [-0.05, 0) is 43.2 Å². The van der Waals surface area contributed by atoms with Crippen LogP contribution in [0.4, 0.5) is 4.39 Å². The van der Waals surface area contributed by atoms with Gasteiger partial charge in [0.25, 0.3) is 0 Å². The predicted molar refractivity (Wildman–Crippen MR) is 133 cm³/mol. The monoisotopic (exact) mass is 491 g/mol. The maximum absolute atomic E-state index is 13.2. The quantitative estimate of drug-likeness (QED) is 0.276. The van der Waals surface area contributed by atoms with Gasteiger partial charge in [0.2, 0.25) is 0 Å². The standard InChI is InChI=1S/C25H22FN5OS2/c26-17-9-7-16(8-10-17)24-28-18(14-33-24)15-34-25-30-29-23(31(25)13-19-4-3-11-32-19)21-12-27-22-6-2-1-5-20(21)22/h1-2,5-10,12,14,19,27H,3-4,11,13,15H2.